The monoisotopic (exact) mass is 433 g/mol. The Balaban J connectivity index is 1.67. The molecular weight excluding hydrogens is 406 g/mol. The highest BCUT2D eigenvalue weighted by molar-refractivity contribution is 6.03. The van der Waals surface area contributed by atoms with Crippen molar-refractivity contribution < 1.29 is 23.9 Å². The molecule has 32 heavy (non-hydrogen) atoms. The summed E-state index contributed by atoms with van der Waals surface area (Å²) in [5.41, 5.74) is 4.12. The van der Waals surface area contributed by atoms with Crippen molar-refractivity contribution in [1.82, 2.24) is 4.98 Å². The van der Waals surface area contributed by atoms with Crippen molar-refractivity contribution in [2.45, 2.75) is 33.6 Å². The fourth-order valence-corrected chi connectivity index (χ4v) is 3.68. The highest BCUT2D eigenvalue weighted by Gasteiger charge is 2.24. The van der Waals surface area contributed by atoms with Crippen molar-refractivity contribution in [2.24, 2.45) is 0 Å². The van der Waals surface area contributed by atoms with Crippen molar-refractivity contribution in [3.05, 3.63) is 93.8 Å². The molecule has 6 heteroatoms. The summed E-state index contributed by atoms with van der Waals surface area (Å²) in [5.74, 6) is -1.44. The van der Waals surface area contributed by atoms with Gasteiger partial charge in [-0.05, 0) is 56.4 Å². The van der Waals surface area contributed by atoms with Crippen LogP contribution in [0.15, 0.2) is 54.6 Å². The van der Waals surface area contributed by atoms with Crippen molar-refractivity contribution in [1.29, 1.82) is 0 Å². The van der Waals surface area contributed by atoms with Gasteiger partial charge in [0.1, 0.15) is 0 Å². The van der Waals surface area contributed by atoms with Gasteiger partial charge in [0.15, 0.2) is 6.61 Å². The molecule has 6 nitrogen and oxygen atoms in total. The van der Waals surface area contributed by atoms with Crippen LogP contribution in [0.25, 0.3) is 0 Å². The van der Waals surface area contributed by atoms with Crippen LogP contribution in [0, 0.1) is 13.8 Å². The molecule has 3 rings (SSSR count). The van der Waals surface area contributed by atoms with Gasteiger partial charge in [-0.15, -0.1) is 0 Å². The average molecular weight is 434 g/mol. The molecule has 0 aliphatic heterocycles. The summed E-state index contributed by atoms with van der Waals surface area (Å²) in [5, 5.41) is 0. The lowest BCUT2D eigenvalue weighted by atomic mass is 10.00. The number of nitrogens with one attached hydrogen (secondary N) is 1. The number of Topliss-reactive ketones (excluding diaryl/α,β-unsaturated/α-hetero) is 1. The number of carbonyl (C=O) groups is 3. The van der Waals surface area contributed by atoms with Gasteiger partial charge >= 0.3 is 11.9 Å². The molecule has 0 saturated heterocycles. The van der Waals surface area contributed by atoms with Gasteiger partial charge in [-0.2, -0.15) is 0 Å². The SMILES string of the molecule is CCOC(=O)c1c(C)[nH]c(C(=O)COC(=O)c2ccccc2CCc2ccccc2)c1C. The molecule has 0 fully saturated rings. The number of rotatable bonds is 9. The first-order valence-corrected chi connectivity index (χ1v) is 10.6. The van der Waals surface area contributed by atoms with Crippen LogP contribution in [0.2, 0.25) is 0 Å². The van der Waals surface area contributed by atoms with Gasteiger partial charge < -0.3 is 14.5 Å². The fraction of sp³-hybridized carbons (Fsp3) is 0.269. The van der Waals surface area contributed by atoms with Crippen molar-refractivity contribution >= 4 is 17.7 Å². The molecule has 0 atom stereocenters. The Kier molecular flexibility index (Phi) is 7.60. The van der Waals surface area contributed by atoms with E-state index in [0.29, 0.717) is 28.8 Å². The van der Waals surface area contributed by atoms with Crippen molar-refractivity contribution in [3.8, 4) is 0 Å². The van der Waals surface area contributed by atoms with Crippen molar-refractivity contribution in [3.63, 3.8) is 0 Å². The van der Waals surface area contributed by atoms with Crippen LogP contribution in [-0.4, -0.2) is 35.9 Å². The normalized spacial score (nSPS) is 10.6. The first kappa shape index (κ1) is 23.0. The summed E-state index contributed by atoms with van der Waals surface area (Å²) in [4.78, 5) is 40.4. The molecule has 3 aromatic rings. The van der Waals surface area contributed by atoms with Gasteiger partial charge in [-0.3, -0.25) is 4.79 Å². The van der Waals surface area contributed by atoms with Crippen molar-refractivity contribution in [2.75, 3.05) is 13.2 Å². The largest absolute Gasteiger partial charge is 0.462 e. The predicted molar refractivity (Wildman–Crippen MR) is 121 cm³/mol. The highest BCUT2D eigenvalue weighted by atomic mass is 16.5. The molecule has 0 radical (unpaired) electrons. The van der Waals surface area contributed by atoms with Gasteiger partial charge in [0.25, 0.3) is 0 Å². The number of H-pyrrole nitrogens is 1. The smallest absolute Gasteiger partial charge is 0.340 e. The third-order valence-corrected chi connectivity index (χ3v) is 5.29. The Morgan fingerprint density at radius 2 is 1.53 bits per heavy atom. The second-order valence-electron chi connectivity index (χ2n) is 7.49. The number of esters is 2. The predicted octanol–water partition coefficient (Wildman–Crippen LogP) is 4.63. The minimum atomic E-state index is -0.548. The summed E-state index contributed by atoms with van der Waals surface area (Å²) < 4.78 is 10.4. The van der Waals surface area contributed by atoms with Crippen LogP contribution in [-0.2, 0) is 22.3 Å². The zero-order valence-corrected chi connectivity index (χ0v) is 18.6. The lowest BCUT2D eigenvalue weighted by Gasteiger charge is -2.10. The molecule has 0 saturated carbocycles. The first-order chi connectivity index (χ1) is 15.4. The standard InChI is InChI=1S/C26H27NO5/c1-4-31-26(30)23-17(2)24(27-18(23)3)22(28)16-32-25(29)21-13-9-8-12-20(21)15-14-19-10-6-5-7-11-19/h5-13,27H,4,14-16H2,1-3H3. The highest BCUT2D eigenvalue weighted by Crippen LogP contribution is 2.20. The molecule has 0 unspecified atom stereocenters. The van der Waals surface area contributed by atoms with Crippen LogP contribution in [0.4, 0.5) is 0 Å². The summed E-state index contributed by atoms with van der Waals surface area (Å²) >= 11 is 0. The van der Waals surface area contributed by atoms with E-state index >= 15 is 0 Å². The number of hydrogen-bond donors (Lipinski definition) is 1. The third-order valence-electron chi connectivity index (χ3n) is 5.29. The maximum absolute atomic E-state index is 12.7. The molecule has 1 N–H and O–H groups in total. The van der Waals surface area contributed by atoms with Crippen LogP contribution < -0.4 is 0 Å². The number of aromatic amines is 1. The molecule has 0 aliphatic carbocycles. The Bertz CT molecular complexity index is 1110. The molecular formula is C26H27NO5. The van der Waals surface area contributed by atoms with E-state index in [0.717, 1.165) is 12.0 Å². The second kappa shape index (κ2) is 10.6. The number of ketones is 1. The van der Waals surface area contributed by atoms with Gasteiger partial charge in [0.05, 0.1) is 23.4 Å². The number of aromatic nitrogens is 1. The lowest BCUT2D eigenvalue weighted by molar-refractivity contribution is 0.0471. The lowest BCUT2D eigenvalue weighted by Crippen LogP contribution is -2.17. The van der Waals surface area contributed by atoms with Gasteiger partial charge in [-0.25, -0.2) is 9.59 Å². The van der Waals surface area contributed by atoms with Crippen LogP contribution in [0.1, 0.15) is 60.5 Å². The quantitative estimate of drug-likeness (QED) is 0.393. The molecule has 2 aromatic carbocycles. The van der Waals surface area contributed by atoms with E-state index in [9.17, 15) is 14.4 Å². The van der Waals surface area contributed by atoms with E-state index in [-0.39, 0.29) is 12.3 Å². The maximum atomic E-state index is 12.7. The van der Waals surface area contributed by atoms with Gasteiger partial charge in [-0.1, -0.05) is 48.5 Å². The van der Waals surface area contributed by atoms with E-state index in [4.69, 9.17) is 9.47 Å². The first-order valence-electron chi connectivity index (χ1n) is 10.6. The summed E-state index contributed by atoms with van der Waals surface area (Å²) in [7, 11) is 0. The minimum Gasteiger partial charge on any atom is -0.462 e. The van der Waals surface area contributed by atoms with Crippen LogP contribution in [0.5, 0.6) is 0 Å². The van der Waals surface area contributed by atoms with Gasteiger partial charge in [0.2, 0.25) is 5.78 Å². The molecule has 0 amide bonds. The topological polar surface area (TPSA) is 85.5 Å². The summed E-state index contributed by atoms with van der Waals surface area (Å²) in [6.45, 7) is 4.91. The van der Waals surface area contributed by atoms with E-state index in [1.54, 1.807) is 32.9 Å². The van der Waals surface area contributed by atoms with Crippen LogP contribution >= 0.6 is 0 Å². The Morgan fingerprint density at radius 3 is 2.25 bits per heavy atom. The molecule has 1 aromatic heterocycles. The Morgan fingerprint density at radius 1 is 0.844 bits per heavy atom. The van der Waals surface area contributed by atoms with E-state index in [1.165, 1.54) is 5.56 Å². The molecule has 0 aliphatic rings. The minimum absolute atomic E-state index is 0.244. The molecule has 0 bridgehead atoms. The van der Waals surface area contributed by atoms with E-state index < -0.39 is 24.3 Å². The fourth-order valence-electron chi connectivity index (χ4n) is 3.68. The zero-order chi connectivity index (χ0) is 23.1. The van der Waals surface area contributed by atoms with E-state index in [1.807, 2.05) is 42.5 Å². The van der Waals surface area contributed by atoms with Crippen LogP contribution in [0.3, 0.4) is 0 Å². The molecule has 1 heterocycles. The van der Waals surface area contributed by atoms with E-state index in [2.05, 4.69) is 4.98 Å². The number of hydrogen-bond acceptors (Lipinski definition) is 5. The van der Waals surface area contributed by atoms with Gasteiger partial charge in [0, 0.05) is 5.69 Å². The third kappa shape index (κ3) is 5.32. The Hall–Kier alpha value is -3.67. The number of ether oxygens (including phenoxy) is 2. The zero-order valence-electron chi connectivity index (χ0n) is 18.6. The summed E-state index contributed by atoms with van der Waals surface area (Å²) in [6, 6.07) is 17.3. The second-order valence-corrected chi connectivity index (χ2v) is 7.49. The Labute approximate surface area is 187 Å². The number of aryl methyl sites for hydroxylation is 3. The maximum Gasteiger partial charge on any atom is 0.340 e. The number of benzene rings is 2. The molecule has 166 valence electrons. The average Bonchev–Trinajstić information content (AvgIpc) is 3.10. The number of carbonyl (C=O) groups excluding carboxylic acids is 3. The molecule has 0 spiro atoms. The summed E-state index contributed by atoms with van der Waals surface area (Å²) in [6.07, 6.45) is 1.47.